The summed E-state index contributed by atoms with van der Waals surface area (Å²) < 4.78 is 10.0. The van der Waals surface area contributed by atoms with Gasteiger partial charge in [0.2, 0.25) is 0 Å². The minimum absolute atomic E-state index is 0.0292. The van der Waals surface area contributed by atoms with Gasteiger partial charge in [-0.3, -0.25) is 0 Å². The Morgan fingerprint density at radius 1 is 1.47 bits per heavy atom. The number of carboxylic acids is 1. The number of ether oxygens (including phenoxy) is 2. The highest BCUT2D eigenvalue weighted by molar-refractivity contribution is 6.33. The van der Waals surface area contributed by atoms with Crippen molar-refractivity contribution in [2.45, 2.75) is 6.42 Å². The van der Waals surface area contributed by atoms with Crippen molar-refractivity contribution in [2.24, 2.45) is 0 Å². The zero-order valence-corrected chi connectivity index (χ0v) is 10.1. The van der Waals surface area contributed by atoms with Crippen LogP contribution >= 0.6 is 11.6 Å². The van der Waals surface area contributed by atoms with E-state index in [1.165, 1.54) is 6.20 Å². The summed E-state index contributed by atoms with van der Waals surface area (Å²) in [5.74, 6) is -0.775. The molecule has 7 heteroatoms. The zero-order chi connectivity index (χ0) is 12.7. The maximum Gasteiger partial charge on any atom is 0.356 e. The highest BCUT2D eigenvalue weighted by Gasteiger charge is 2.12. The van der Waals surface area contributed by atoms with Gasteiger partial charge in [-0.05, 0) is 0 Å². The standard InChI is InChI=1S/C10H13ClN2O4/c1-16-4-5-17-3-2-8-12-6-7(11)9(13-8)10(14)15/h6H,2-5H2,1H3,(H,14,15). The van der Waals surface area contributed by atoms with Gasteiger partial charge < -0.3 is 14.6 Å². The Morgan fingerprint density at radius 3 is 2.88 bits per heavy atom. The molecule has 0 aromatic carbocycles. The van der Waals surface area contributed by atoms with Crippen LogP contribution in [0.2, 0.25) is 5.02 Å². The zero-order valence-electron chi connectivity index (χ0n) is 9.35. The largest absolute Gasteiger partial charge is 0.476 e. The monoisotopic (exact) mass is 260 g/mol. The number of aromatic nitrogens is 2. The van der Waals surface area contributed by atoms with Crippen LogP contribution < -0.4 is 0 Å². The van der Waals surface area contributed by atoms with Crippen molar-refractivity contribution < 1.29 is 19.4 Å². The third-order valence-corrected chi connectivity index (χ3v) is 2.17. The number of carbonyl (C=O) groups is 1. The molecule has 0 saturated heterocycles. The average Bonchev–Trinajstić information content (AvgIpc) is 2.30. The molecule has 17 heavy (non-hydrogen) atoms. The Morgan fingerprint density at radius 2 is 2.24 bits per heavy atom. The Hall–Kier alpha value is -1.24. The highest BCUT2D eigenvalue weighted by atomic mass is 35.5. The molecule has 0 amide bonds. The van der Waals surface area contributed by atoms with Crippen LogP contribution in [-0.4, -0.2) is 48.0 Å². The molecule has 0 aliphatic carbocycles. The molecule has 0 bridgehead atoms. The second-order valence-corrected chi connectivity index (χ2v) is 3.55. The second-order valence-electron chi connectivity index (χ2n) is 3.14. The molecule has 6 nitrogen and oxygen atoms in total. The number of nitrogens with zero attached hydrogens (tertiary/aromatic N) is 2. The molecule has 1 aromatic rings. The summed E-state index contributed by atoms with van der Waals surface area (Å²) in [5, 5.41) is 8.84. The van der Waals surface area contributed by atoms with Crippen LogP contribution in [0.25, 0.3) is 0 Å². The molecule has 1 rings (SSSR count). The van der Waals surface area contributed by atoms with Gasteiger partial charge in [0, 0.05) is 13.5 Å². The van der Waals surface area contributed by atoms with Crippen molar-refractivity contribution in [3.8, 4) is 0 Å². The number of rotatable bonds is 7. The van der Waals surface area contributed by atoms with Crippen molar-refractivity contribution >= 4 is 17.6 Å². The molecule has 94 valence electrons. The van der Waals surface area contributed by atoms with Crippen molar-refractivity contribution in [3.63, 3.8) is 0 Å². The Labute approximate surface area is 104 Å². The van der Waals surface area contributed by atoms with Crippen LogP contribution in [0.3, 0.4) is 0 Å². The third-order valence-electron chi connectivity index (χ3n) is 1.90. The first-order chi connectivity index (χ1) is 8.15. The van der Waals surface area contributed by atoms with Gasteiger partial charge in [-0.2, -0.15) is 0 Å². The number of carboxylic acid groups (broad SMARTS) is 1. The summed E-state index contributed by atoms with van der Waals surface area (Å²) in [6, 6.07) is 0. The van der Waals surface area contributed by atoms with Crippen LogP contribution in [0, 0.1) is 0 Å². The minimum atomic E-state index is -1.17. The summed E-state index contributed by atoms with van der Waals surface area (Å²) in [6.45, 7) is 1.40. The summed E-state index contributed by atoms with van der Waals surface area (Å²) in [4.78, 5) is 18.5. The normalized spacial score (nSPS) is 10.5. The smallest absolute Gasteiger partial charge is 0.356 e. The molecule has 1 heterocycles. The Kier molecular flexibility index (Phi) is 5.82. The van der Waals surface area contributed by atoms with Gasteiger partial charge in [-0.15, -0.1) is 0 Å². The fourth-order valence-corrected chi connectivity index (χ4v) is 1.25. The third kappa shape index (κ3) is 4.64. The van der Waals surface area contributed by atoms with Crippen LogP contribution in [-0.2, 0) is 15.9 Å². The predicted octanol–water partition coefficient (Wildman–Crippen LogP) is 1.03. The van der Waals surface area contributed by atoms with Gasteiger partial charge in [-0.25, -0.2) is 14.8 Å². The molecule has 0 atom stereocenters. The van der Waals surface area contributed by atoms with Crippen LogP contribution in [0.5, 0.6) is 0 Å². The van der Waals surface area contributed by atoms with Crippen molar-refractivity contribution in [2.75, 3.05) is 26.9 Å². The van der Waals surface area contributed by atoms with Gasteiger partial charge in [-0.1, -0.05) is 11.6 Å². The van der Waals surface area contributed by atoms with Crippen molar-refractivity contribution in [1.29, 1.82) is 0 Å². The molecule has 0 saturated carbocycles. The van der Waals surface area contributed by atoms with E-state index >= 15 is 0 Å². The number of hydrogen-bond donors (Lipinski definition) is 1. The van der Waals surface area contributed by atoms with E-state index in [1.807, 2.05) is 0 Å². The highest BCUT2D eigenvalue weighted by Crippen LogP contribution is 2.12. The average molecular weight is 261 g/mol. The summed E-state index contributed by atoms with van der Waals surface area (Å²) in [5.41, 5.74) is -0.187. The van der Waals surface area contributed by atoms with Gasteiger partial charge in [0.25, 0.3) is 0 Å². The summed E-state index contributed by atoms with van der Waals surface area (Å²) in [6.07, 6.45) is 1.71. The molecular weight excluding hydrogens is 248 g/mol. The molecule has 0 aliphatic heterocycles. The topological polar surface area (TPSA) is 81.5 Å². The number of halogens is 1. The molecule has 1 aromatic heterocycles. The Bertz CT molecular complexity index is 387. The number of hydrogen-bond acceptors (Lipinski definition) is 5. The van der Waals surface area contributed by atoms with E-state index in [0.717, 1.165) is 0 Å². The predicted molar refractivity (Wildman–Crippen MR) is 60.4 cm³/mol. The van der Waals surface area contributed by atoms with E-state index in [1.54, 1.807) is 7.11 Å². The molecule has 0 unspecified atom stereocenters. The first kappa shape index (κ1) is 13.8. The van der Waals surface area contributed by atoms with Crippen molar-refractivity contribution in [1.82, 2.24) is 9.97 Å². The lowest BCUT2D eigenvalue weighted by Crippen LogP contribution is -2.10. The quantitative estimate of drug-likeness (QED) is 0.738. The lowest BCUT2D eigenvalue weighted by atomic mass is 10.3. The maximum absolute atomic E-state index is 10.8. The lowest BCUT2D eigenvalue weighted by molar-refractivity contribution is 0.0684. The second kappa shape index (κ2) is 7.16. The number of methoxy groups -OCH3 is 1. The van der Waals surface area contributed by atoms with E-state index in [4.69, 9.17) is 26.2 Å². The van der Waals surface area contributed by atoms with Gasteiger partial charge in [0.15, 0.2) is 5.69 Å². The van der Waals surface area contributed by atoms with Crippen molar-refractivity contribution in [3.05, 3.63) is 22.7 Å². The van der Waals surface area contributed by atoms with Gasteiger partial charge >= 0.3 is 5.97 Å². The van der Waals surface area contributed by atoms with Crippen LogP contribution in [0.15, 0.2) is 6.20 Å². The Balaban J connectivity index is 2.49. The fraction of sp³-hybridized carbons (Fsp3) is 0.500. The van der Waals surface area contributed by atoms with E-state index in [2.05, 4.69) is 9.97 Å². The van der Waals surface area contributed by atoms with E-state index < -0.39 is 5.97 Å². The molecule has 0 radical (unpaired) electrons. The molecular formula is C10H13ClN2O4. The van der Waals surface area contributed by atoms with E-state index in [-0.39, 0.29) is 10.7 Å². The summed E-state index contributed by atoms with van der Waals surface area (Å²) >= 11 is 5.64. The van der Waals surface area contributed by atoms with Gasteiger partial charge in [0.1, 0.15) is 5.82 Å². The molecule has 0 aliphatic rings. The first-order valence-corrected chi connectivity index (χ1v) is 5.34. The molecule has 1 N–H and O–H groups in total. The van der Waals surface area contributed by atoms with Crippen LogP contribution in [0.4, 0.5) is 0 Å². The van der Waals surface area contributed by atoms with Gasteiger partial charge in [0.05, 0.1) is 31.0 Å². The van der Waals surface area contributed by atoms with Crippen LogP contribution in [0.1, 0.15) is 16.3 Å². The lowest BCUT2D eigenvalue weighted by Gasteiger charge is -2.04. The molecule has 0 spiro atoms. The fourth-order valence-electron chi connectivity index (χ4n) is 1.08. The minimum Gasteiger partial charge on any atom is -0.476 e. The number of aromatic carboxylic acids is 1. The molecule has 0 fully saturated rings. The SMILES string of the molecule is COCCOCCc1ncc(Cl)c(C(=O)O)n1. The first-order valence-electron chi connectivity index (χ1n) is 4.96. The maximum atomic E-state index is 10.8. The summed E-state index contributed by atoms with van der Waals surface area (Å²) in [7, 11) is 1.59. The van der Waals surface area contributed by atoms with E-state index in [0.29, 0.717) is 32.1 Å². The van der Waals surface area contributed by atoms with E-state index in [9.17, 15) is 4.79 Å².